The Balaban J connectivity index is 4.23. The second-order valence-corrected chi connectivity index (χ2v) is 3.81. The predicted molar refractivity (Wildman–Crippen MR) is 51.3 cm³/mol. The van der Waals surface area contributed by atoms with Gasteiger partial charge in [0.05, 0.1) is 5.92 Å². The largest absolute Gasteiger partial charge is 0.425 e. The zero-order valence-corrected chi connectivity index (χ0v) is 9.37. The molecule has 0 aliphatic heterocycles. The lowest BCUT2D eigenvalue weighted by Gasteiger charge is -2.21. The Morgan fingerprint density at radius 1 is 1.00 bits per heavy atom. The third-order valence-electron chi connectivity index (χ3n) is 1.53. The molecule has 0 rings (SSSR count). The van der Waals surface area contributed by atoms with Crippen molar-refractivity contribution >= 4 is 11.9 Å². The molecule has 0 bridgehead atoms. The third-order valence-corrected chi connectivity index (χ3v) is 1.53. The summed E-state index contributed by atoms with van der Waals surface area (Å²) >= 11 is 0. The van der Waals surface area contributed by atoms with Gasteiger partial charge in [0.1, 0.15) is 0 Å². The minimum atomic E-state index is -0.776. The second kappa shape index (κ2) is 5.62. The number of hydrogen-bond acceptors (Lipinski definition) is 4. The van der Waals surface area contributed by atoms with Crippen LogP contribution in [0.5, 0.6) is 0 Å². The molecule has 0 heterocycles. The molecule has 0 fully saturated rings. The van der Waals surface area contributed by atoms with E-state index in [4.69, 9.17) is 9.47 Å². The van der Waals surface area contributed by atoms with Crippen LogP contribution in [0.1, 0.15) is 34.6 Å². The van der Waals surface area contributed by atoms with Crippen LogP contribution in [0.25, 0.3) is 0 Å². The van der Waals surface area contributed by atoms with E-state index in [0.717, 1.165) is 0 Å². The minimum Gasteiger partial charge on any atom is -0.425 e. The molecule has 0 spiro atoms. The Kier molecular flexibility index (Phi) is 5.20. The van der Waals surface area contributed by atoms with Crippen LogP contribution in [0.3, 0.4) is 0 Å². The van der Waals surface area contributed by atoms with Gasteiger partial charge in [-0.15, -0.1) is 0 Å². The molecule has 0 aliphatic rings. The van der Waals surface area contributed by atoms with Crippen molar-refractivity contribution in [2.75, 3.05) is 0 Å². The van der Waals surface area contributed by atoms with Crippen molar-refractivity contribution in [1.29, 1.82) is 0 Å². The summed E-state index contributed by atoms with van der Waals surface area (Å²) in [6.07, 6.45) is -0.776. The number of carbonyl (C=O) groups is 2. The van der Waals surface area contributed by atoms with Crippen molar-refractivity contribution in [1.82, 2.24) is 0 Å². The van der Waals surface area contributed by atoms with Crippen LogP contribution in [0.4, 0.5) is 0 Å². The predicted octanol–water partition coefficient (Wildman–Crippen LogP) is 1.73. The van der Waals surface area contributed by atoms with Gasteiger partial charge in [0.2, 0.25) is 6.29 Å². The molecular weight excluding hydrogens is 184 g/mol. The van der Waals surface area contributed by atoms with Crippen molar-refractivity contribution in [3.8, 4) is 0 Å². The first-order valence-corrected chi connectivity index (χ1v) is 4.72. The van der Waals surface area contributed by atoms with Gasteiger partial charge >= 0.3 is 11.9 Å². The van der Waals surface area contributed by atoms with Crippen LogP contribution >= 0.6 is 0 Å². The van der Waals surface area contributed by atoms with E-state index in [9.17, 15) is 9.59 Å². The van der Waals surface area contributed by atoms with Gasteiger partial charge in [-0.1, -0.05) is 27.7 Å². The summed E-state index contributed by atoms with van der Waals surface area (Å²) in [5.74, 6) is -1.06. The van der Waals surface area contributed by atoms with E-state index >= 15 is 0 Å². The van der Waals surface area contributed by atoms with Crippen molar-refractivity contribution in [2.24, 2.45) is 11.8 Å². The van der Waals surface area contributed by atoms with E-state index in [0.29, 0.717) is 0 Å². The van der Waals surface area contributed by atoms with Gasteiger partial charge in [0, 0.05) is 12.8 Å². The molecule has 0 amide bonds. The molecule has 0 unspecified atom stereocenters. The van der Waals surface area contributed by atoms with E-state index in [1.165, 1.54) is 6.92 Å². The number of esters is 2. The maximum absolute atomic E-state index is 11.2. The molecule has 4 heteroatoms. The standard InChI is InChI=1S/C10H18O4/c1-6(2)9(12)14-10(7(3)4)13-8(5)11/h6-7,10H,1-5H3/t10-/m1/s1. The van der Waals surface area contributed by atoms with Gasteiger partial charge < -0.3 is 9.47 Å². The maximum atomic E-state index is 11.2. The van der Waals surface area contributed by atoms with Crippen molar-refractivity contribution in [2.45, 2.75) is 40.9 Å². The Labute approximate surface area is 84.6 Å². The molecule has 14 heavy (non-hydrogen) atoms. The first-order valence-electron chi connectivity index (χ1n) is 4.72. The van der Waals surface area contributed by atoms with Gasteiger partial charge in [0.15, 0.2) is 0 Å². The highest BCUT2D eigenvalue weighted by Crippen LogP contribution is 2.11. The van der Waals surface area contributed by atoms with Crippen molar-refractivity contribution < 1.29 is 19.1 Å². The normalized spacial score (nSPS) is 12.8. The van der Waals surface area contributed by atoms with Crippen LogP contribution < -0.4 is 0 Å². The fourth-order valence-electron chi connectivity index (χ4n) is 0.710. The Morgan fingerprint density at radius 2 is 1.50 bits per heavy atom. The van der Waals surface area contributed by atoms with Crippen LogP contribution in [-0.4, -0.2) is 18.2 Å². The molecule has 0 saturated carbocycles. The maximum Gasteiger partial charge on any atom is 0.311 e. The minimum absolute atomic E-state index is 0.0402. The van der Waals surface area contributed by atoms with E-state index < -0.39 is 12.3 Å². The Hall–Kier alpha value is -1.06. The molecule has 4 nitrogen and oxygen atoms in total. The summed E-state index contributed by atoms with van der Waals surface area (Å²) in [6, 6.07) is 0. The fourth-order valence-corrected chi connectivity index (χ4v) is 0.710. The van der Waals surface area contributed by atoms with Crippen LogP contribution in [0, 0.1) is 11.8 Å². The molecule has 0 N–H and O–H groups in total. The van der Waals surface area contributed by atoms with Crippen molar-refractivity contribution in [3.05, 3.63) is 0 Å². The smallest absolute Gasteiger partial charge is 0.311 e. The highest BCUT2D eigenvalue weighted by atomic mass is 16.7. The third kappa shape index (κ3) is 4.84. The lowest BCUT2D eigenvalue weighted by atomic mass is 10.2. The summed E-state index contributed by atoms with van der Waals surface area (Å²) in [4.78, 5) is 21.9. The zero-order chi connectivity index (χ0) is 11.3. The summed E-state index contributed by atoms with van der Waals surface area (Å²) in [7, 11) is 0. The SMILES string of the molecule is CC(=O)O[C@H](OC(=O)C(C)C)C(C)C. The highest BCUT2D eigenvalue weighted by Gasteiger charge is 2.22. The monoisotopic (exact) mass is 202 g/mol. The van der Waals surface area contributed by atoms with Gasteiger partial charge in [0.25, 0.3) is 0 Å². The van der Waals surface area contributed by atoms with Crippen LogP contribution in [-0.2, 0) is 19.1 Å². The molecule has 0 radical (unpaired) electrons. The number of rotatable bonds is 4. The molecule has 0 aliphatic carbocycles. The Bertz CT molecular complexity index is 208. The second-order valence-electron chi connectivity index (χ2n) is 3.81. The van der Waals surface area contributed by atoms with Gasteiger partial charge in [-0.05, 0) is 0 Å². The van der Waals surface area contributed by atoms with Crippen LogP contribution in [0.2, 0.25) is 0 Å². The Morgan fingerprint density at radius 3 is 1.79 bits per heavy atom. The molecular formula is C10H18O4. The van der Waals surface area contributed by atoms with Gasteiger partial charge in [-0.25, -0.2) is 0 Å². The van der Waals surface area contributed by atoms with Crippen LogP contribution in [0.15, 0.2) is 0 Å². The summed E-state index contributed by atoms with van der Waals surface area (Å²) in [5, 5.41) is 0. The molecule has 0 aromatic heterocycles. The van der Waals surface area contributed by atoms with E-state index in [1.807, 2.05) is 13.8 Å². The van der Waals surface area contributed by atoms with Gasteiger partial charge in [-0.3, -0.25) is 9.59 Å². The lowest BCUT2D eigenvalue weighted by molar-refractivity contribution is -0.196. The molecule has 1 atom stereocenters. The average Bonchev–Trinajstić information content (AvgIpc) is 2.01. The first-order chi connectivity index (χ1) is 6.34. The number of hydrogen-bond donors (Lipinski definition) is 0. The summed E-state index contributed by atoms with van der Waals surface area (Å²) < 4.78 is 9.85. The number of ether oxygens (including phenoxy) is 2. The molecule has 0 saturated heterocycles. The van der Waals surface area contributed by atoms with E-state index in [2.05, 4.69) is 0 Å². The molecule has 0 aromatic carbocycles. The summed E-state index contributed by atoms with van der Waals surface area (Å²) in [6.45, 7) is 8.39. The topological polar surface area (TPSA) is 52.6 Å². The highest BCUT2D eigenvalue weighted by molar-refractivity contribution is 5.72. The quantitative estimate of drug-likeness (QED) is 0.514. The van der Waals surface area contributed by atoms with E-state index in [-0.39, 0.29) is 17.8 Å². The lowest BCUT2D eigenvalue weighted by Crippen LogP contribution is -2.30. The zero-order valence-electron chi connectivity index (χ0n) is 9.37. The molecule has 82 valence electrons. The molecule has 0 aromatic rings. The first kappa shape index (κ1) is 12.9. The van der Waals surface area contributed by atoms with Gasteiger partial charge in [-0.2, -0.15) is 0 Å². The average molecular weight is 202 g/mol. The summed E-state index contributed by atoms with van der Waals surface area (Å²) in [5.41, 5.74) is 0. The van der Waals surface area contributed by atoms with E-state index in [1.54, 1.807) is 13.8 Å². The fraction of sp³-hybridized carbons (Fsp3) is 0.800. The number of carbonyl (C=O) groups excluding carboxylic acids is 2. The van der Waals surface area contributed by atoms with Crippen molar-refractivity contribution in [3.63, 3.8) is 0 Å².